The molecule has 0 radical (unpaired) electrons. The highest BCUT2D eigenvalue weighted by Crippen LogP contribution is 2.48. The fourth-order valence-electron chi connectivity index (χ4n) is 0.765. The van der Waals surface area contributed by atoms with Crippen molar-refractivity contribution < 1.29 is 35.9 Å². The Bertz CT molecular complexity index is 276. The van der Waals surface area contributed by atoms with E-state index in [9.17, 15) is 31.1 Å². The van der Waals surface area contributed by atoms with Gasteiger partial charge in [0.1, 0.15) is 6.21 Å². The molecule has 0 aliphatic carbocycles. The van der Waals surface area contributed by atoms with E-state index in [1.54, 1.807) is 0 Å². The van der Waals surface area contributed by atoms with Crippen LogP contribution in [0.15, 0.2) is 4.99 Å². The third-order valence-corrected chi connectivity index (χ3v) is 1.37. The summed E-state index contributed by atoms with van der Waals surface area (Å²) >= 11 is 0. The van der Waals surface area contributed by atoms with Crippen LogP contribution in [-0.4, -0.2) is 30.3 Å². The number of hydrogen-bond donors (Lipinski definition) is 0. The van der Waals surface area contributed by atoms with Crippen molar-refractivity contribution in [2.24, 2.45) is 4.99 Å². The number of ether oxygens (including phenoxy) is 1. The molecular formula is C5HF6NO2. The Morgan fingerprint density at radius 3 is 1.71 bits per heavy atom. The highest BCUT2D eigenvalue weighted by molar-refractivity contribution is 6.24. The van der Waals surface area contributed by atoms with Crippen LogP contribution >= 0.6 is 0 Å². The van der Waals surface area contributed by atoms with Crippen molar-refractivity contribution in [3.63, 3.8) is 0 Å². The molecule has 0 atom stereocenters. The minimum atomic E-state index is -5.83. The summed E-state index contributed by atoms with van der Waals surface area (Å²) in [5, 5.41) is 0. The molecule has 0 saturated carbocycles. The first-order valence-corrected chi connectivity index (χ1v) is 3.02. The highest BCUT2D eigenvalue weighted by Gasteiger charge is 2.76. The van der Waals surface area contributed by atoms with Crippen molar-refractivity contribution in [3.05, 3.63) is 0 Å². The van der Waals surface area contributed by atoms with Crippen LogP contribution in [0.5, 0.6) is 0 Å². The molecule has 0 aromatic carbocycles. The number of cyclic esters (lactones) is 1. The zero-order valence-electron chi connectivity index (χ0n) is 6.11. The zero-order valence-corrected chi connectivity index (χ0v) is 6.11. The molecule has 9 heteroatoms. The molecule has 1 aliphatic rings. The molecule has 3 nitrogen and oxygen atoms in total. The highest BCUT2D eigenvalue weighted by atomic mass is 19.4. The van der Waals surface area contributed by atoms with Crippen LogP contribution in [-0.2, 0) is 9.53 Å². The van der Waals surface area contributed by atoms with E-state index in [2.05, 4.69) is 4.74 Å². The summed E-state index contributed by atoms with van der Waals surface area (Å²) in [4.78, 5) is 12.2. The first-order valence-electron chi connectivity index (χ1n) is 3.02. The SMILES string of the molecule is O=C1C=NC(C(F)(F)F)(C(F)(F)F)O1. The van der Waals surface area contributed by atoms with E-state index in [1.807, 2.05) is 4.99 Å². The molecule has 0 saturated heterocycles. The van der Waals surface area contributed by atoms with Gasteiger partial charge in [0.25, 0.3) is 0 Å². The average molecular weight is 221 g/mol. The second kappa shape index (κ2) is 2.61. The molecule has 1 aliphatic heterocycles. The number of rotatable bonds is 0. The Hall–Kier alpha value is -1.28. The van der Waals surface area contributed by atoms with Crippen molar-refractivity contribution in [1.29, 1.82) is 0 Å². The Labute approximate surface area is 72.4 Å². The fourth-order valence-corrected chi connectivity index (χ4v) is 0.765. The van der Waals surface area contributed by atoms with Gasteiger partial charge in [-0.25, -0.2) is 9.79 Å². The van der Waals surface area contributed by atoms with Crippen LogP contribution in [0.4, 0.5) is 26.3 Å². The summed E-state index contributed by atoms with van der Waals surface area (Å²) < 4.78 is 75.0. The first kappa shape index (κ1) is 10.8. The summed E-state index contributed by atoms with van der Waals surface area (Å²) in [7, 11) is 0. The predicted molar refractivity (Wildman–Crippen MR) is 29.4 cm³/mol. The van der Waals surface area contributed by atoms with Crippen LogP contribution < -0.4 is 0 Å². The van der Waals surface area contributed by atoms with Gasteiger partial charge in [-0.2, -0.15) is 26.3 Å². The number of aliphatic imine (C=N–C) groups is 1. The molecule has 80 valence electrons. The van der Waals surface area contributed by atoms with Crippen molar-refractivity contribution in [2.75, 3.05) is 0 Å². The van der Waals surface area contributed by atoms with Gasteiger partial charge in [-0.3, -0.25) is 0 Å². The molecule has 0 bridgehead atoms. The Morgan fingerprint density at radius 1 is 1.14 bits per heavy atom. The maximum atomic E-state index is 12.0. The summed E-state index contributed by atoms with van der Waals surface area (Å²) in [6, 6.07) is 0. The number of carbonyl (C=O) groups is 1. The van der Waals surface area contributed by atoms with E-state index in [-0.39, 0.29) is 6.21 Å². The number of nitrogens with zero attached hydrogens (tertiary/aromatic N) is 1. The molecule has 1 rings (SSSR count). The van der Waals surface area contributed by atoms with Crippen LogP contribution in [0.1, 0.15) is 0 Å². The number of hydrogen-bond acceptors (Lipinski definition) is 3. The second-order valence-electron chi connectivity index (χ2n) is 2.32. The van der Waals surface area contributed by atoms with Gasteiger partial charge in [0, 0.05) is 0 Å². The van der Waals surface area contributed by atoms with Gasteiger partial charge < -0.3 is 4.74 Å². The standard InChI is InChI=1S/C5HF6NO2/c6-4(7,8)3(5(9,10)11)12-1-2(13)14-3/h1H. The Morgan fingerprint density at radius 2 is 1.57 bits per heavy atom. The molecule has 0 fully saturated rings. The smallest absolute Gasteiger partial charge is 0.415 e. The van der Waals surface area contributed by atoms with E-state index in [0.717, 1.165) is 0 Å². The zero-order chi connectivity index (χ0) is 11.2. The van der Waals surface area contributed by atoms with Crippen LogP contribution in [0.25, 0.3) is 0 Å². The molecular weight excluding hydrogens is 220 g/mol. The van der Waals surface area contributed by atoms with Gasteiger partial charge in [-0.1, -0.05) is 0 Å². The third kappa shape index (κ3) is 1.32. The lowest BCUT2D eigenvalue weighted by atomic mass is 10.2. The largest absolute Gasteiger partial charge is 0.460 e. The van der Waals surface area contributed by atoms with Crippen molar-refractivity contribution >= 4 is 12.2 Å². The molecule has 0 aromatic heterocycles. The van der Waals surface area contributed by atoms with Crippen molar-refractivity contribution in [2.45, 2.75) is 18.1 Å². The lowest BCUT2D eigenvalue weighted by Gasteiger charge is -2.28. The van der Waals surface area contributed by atoms with Gasteiger partial charge in [0.2, 0.25) is 0 Å². The topological polar surface area (TPSA) is 38.7 Å². The summed E-state index contributed by atoms with van der Waals surface area (Å²) in [6.45, 7) is 0. The van der Waals surface area contributed by atoms with Crippen LogP contribution in [0, 0.1) is 0 Å². The van der Waals surface area contributed by atoms with Gasteiger partial charge >= 0.3 is 24.0 Å². The van der Waals surface area contributed by atoms with Crippen LogP contribution in [0.2, 0.25) is 0 Å². The summed E-state index contributed by atoms with van der Waals surface area (Å²) in [5.74, 6) is -1.78. The number of halogens is 6. The predicted octanol–water partition coefficient (Wildman–Crippen LogP) is 1.43. The number of esters is 1. The van der Waals surface area contributed by atoms with Crippen molar-refractivity contribution in [3.8, 4) is 0 Å². The number of carbonyl (C=O) groups excluding carboxylic acids is 1. The molecule has 0 N–H and O–H groups in total. The molecule has 0 spiro atoms. The average Bonchev–Trinajstić information content (AvgIpc) is 2.28. The van der Waals surface area contributed by atoms with Crippen molar-refractivity contribution in [1.82, 2.24) is 0 Å². The lowest BCUT2D eigenvalue weighted by molar-refractivity contribution is -0.361. The Kier molecular flexibility index (Phi) is 2.01. The van der Waals surface area contributed by atoms with E-state index >= 15 is 0 Å². The minimum absolute atomic E-state index is 0.152. The van der Waals surface area contributed by atoms with Gasteiger partial charge in [-0.15, -0.1) is 0 Å². The minimum Gasteiger partial charge on any atom is -0.415 e. The Balaban J connectivity index is 3.20. The third-order valence-electron chi connectivity index (χ3n) is 1.37. The molecule has 0 aromatic rings. The van der Waals surface area contributed by atoms with E-state index in [1.165, 1.54) is 0 Å². The number of alkyl halides is 6. The molecule has 0 unspecified atom stereocenters. The van der Waals surface area contributed by atoms with Gasteiger partial charge in [-0.05, 0) is 0 Å². The maximum Gasteiger partial charge on any atom is 0.460 e. The van der Waals surface area contributed by atoms with E-state index < -0.39 is 24.0 Å². The van der Waals surface area contributed by atoms with Gasteiger partial charge in [0.15, 0.2) is 0 Å². The molecule has 1 heterocycles. The monoisotopic (exact) mass is 221 g/mol. The van der Waals surface area contributed by atoms with E-state index in [4.69, 9.17) is 0 Å². The summed E-state index contributed by atoms with van der Waals surface area (Å²) in [6.07, 6.45) is -11.8. The normalized spacial score (nSPS) is 21.1. The quantitative estimate of drug-likeness (QED) is 0.458. The molecule has 0 amide bonds. The maximum absolute atomic E-state index is 12.0. The van der Waals surface area contributed by atoms with Gasteiger partial charge in [0.05, 0.1) is 0 Å². The van der Waals surface area contributed by atoms with E-state index in [0.29, 0.717) is 0 Å². The summed E-state index contributed by atoms with van der Waals surface area (Å²) in [5.41, 5.74) is -4.74. The first-order chi connectivity index (χ1) is 6.10. The second-order valence-corrected chi connectivity index (χ2v) is 2.32. The molecule has 14 heavy (non-hydrogen) atoms. The van der Waals surface area contributed by atoms with Crippen LogP contribution in [0.3, 0.4) is 0 Å². The lowest BCUT2D eigenvalue weighted by Crippen LogP contribution is -2.56. The fraction of sp³-hybridized carbons (Fsp3) is 0.600.